The molecule has 3 N–H and O–H groups in total. The van der Waals surface area contributed by atoms with Crippen molar-refractivity contribution in [1.82, 2.24) is 5.32 Å². The number of aliphatic hydroxyl groups excluding tert-OH is 1. The monoisotopic (exact) mass is 296 g/mol. The van der Waals surface area contributed by atoms with Crippen LogP contribution in [-0.4, -0.2) is 36.0 Å². The molecule has 1 unspecified atom stereocenters. The summed E-state index contributed by atoms with van der Waals surface area (Å²) in [5.41, 5.74) is 0.793. The van der Waals surface area contributed by atoms with Gasteiger partial charge < -0.3 is 15.7 Å². The minimum absolute atomic E-state index is 0.0722. The fourth-order valence-electron chi connectivity index (χ4n) is 1.63. The molecule has 0 saturated heterocycles. The van der Waals surface area contributed by atoms with Crippen molar-refractivity contribution in [3.63, 3.8) is 0 Å². The highest BCUT2D eigenvalue weighted by Crippen LogP contribution is 2.21. The predicted molar refractivity (Wildman–Crippen MR) is 85.2 cm³/mol. The highest BCUT2D eigenvalue weighted by atomic mass is 32.2. The first-order valence-corrected chi connectivity index (χ1v) is 7.85. The third kappa shape index (κ3) is 7.53. The molecule has 0 radical (unpaired) electrons. The summed E-state index contributed by atoms with van der Waals surface area (Å²) in [7, 11) is 0. The summed E-state index contributed by atoms with van der Waals surface area (Å²) < 4.78 is 0. The second-order valence-electron chi connectivity index (χ2n) is 5.22. The Morgan fingerprint density at radius 1 is 1.25 bits per heavy atom. The van der Waals surface area contributed by atoms with Gasteiger partial charge in [-0.2, -0.15) is 0 Å². The average molecular weight is 296 g/mol. The van der Waals surface area contributed by atoms with E-state index in [1.807, 2.05) is 24.3 Å². The first-order valence-electron chi connectivity index (χ1n) is 6.86. The molecular formula is C15H24N2O2S. The van der Waals surface area contributed by atoms with Gasteiger partial charge in [-0.05, 0) is 36.7 Å². The van der Waals surface area contributed by atoms with E-state index in [4.69, 9.17) is 0 Å². The Balaban J connectivity index is 2.28. The Morgan fingerprint density at radius 3 is 2.45 bits per heavy atom. The van der Waals surface area contributed by atoms with Crippen LogP contribution in [0.5, 0.6) is 0 Å². The molecule has 5 heteroatoms. The van der Waals surface area contributed by atoms with Gasteiger partial charge in [0, 0.05) is 29.8 Å². The number of thioether (sulfide) groups is 1. The van der Waals surface area contributed by atoms with E-state index >= 15 is 0 Å². The number of carbonyl (C=O) groups excluding carboxylic acids is 1. The first kappa shape index (κ1) is 17.0. The van der Waals surface area contributed by atoms with Crippen LogP contribution in [-0.2, 0) is 4.79 Å². The van der Waals surface area contributed by atoms with E-state index in [9.17, 15) is 9.90 Å². The van der Waals surface area contributed by atoms with E-state index in [-0.39, 0.29) is 12.0 Å². The Morgan fingerprint density at radius 2 is 1.90 bits per heavy atom. The molecule has 20 heavy (non-hydrogen) atoms. The molecule has 0 spiro atoms. The molecule has 0 fully saturated rings. The lowest BCUT2D eigenvalue weighted by Gasteiger charge is -2.13. The van der Waals surface area contributed by atoms with Crippen LogP contribution in [0, 0.1) is 5.92 Å². The second-order valence-corrected chi connectivity index (χ2v) is 6.32. The van der Waals surface area contributed by atoms with Crippen LogP contribution in [0.25, 0.3) is 0 Å². The second kappa shape index (κ2) is 9.00. The molecule has 1 aromatic carbocycles. The third-order valence-electron chi connectivity index (χ3n) is 2.55. The van der Waals surface area contributed by atoms with Gasteiger partial charge in [0.2, 0.25) is 5.91 Å². The van der Waals surface area contributed by atoms with E-state index in [0.29, 0.717) is 18.2 Å². The predicted octanol–water partition coefficient (Wildman–Crippen LogP) is 2.34. The minimum atomic E-state index is -0.353. The zero-order chi connectivity index (χ0) is 15.0. The number of benzene rings is 1. The van der Waals surface area contributed by atoms with Crippen molar-refractivity contribution in [1.29, 1.82) is 0 Å². The van der Waals surface area contributed by atoms with Gasteiger partial charge in [0.15, 0.2) is 0 Å². The van der Waals surface area contributed by atoms with Crippen LogP contribution >= 0.6 is 11.8 Å². The first-order chi connectivity index (χ1) is 9.47. The molecule has 0 aromatic heterocycles. The number of rotatable bonds is 8. The number of aliphatic hydroxyl groups is 1. The quantitative estimate of drug-likeness (QED) is 0.644. The number of anilines is 1. The van der Waals surface area contributed by atoms with Gasteiger partial charge in [0.05, 0.1) is 6.10 Å². The Bertz CT molecular complexity index is 407. The molecule has 0 bridgehead atoms. The maximum atomic E-state index is 10.9. The highest BCUT2D eigenvalue weighted by molar-refractivity contribution is 7.99. The summed E-state index contributed by atoms with van der Waals surface area (Å²) in [6.45, 7) is 7.32. The number of carbonyl (C=O) groups is 1. The van der Waals surface area contributed by atoms with Gasteiger partial charge in [-0.3, -0.25) is 4.79 Å². The summed E-state index contributed by atoms with van der Waals surface area (Å²) >= 11 is 1.61. The maximum Gasteiger partial charge on any atom is 0.221 e. The van der Waals surface area contributed by atoms with E-state index in [2.05, 4.69) is 24.5 Å². The fraction of sp³-hybridized carbons (Fsp3) is 0.533. The van der Waals surface area contributed by atoms with Crippen molar-refractivity contribution in [2.45, 2.75) is 31.8 Å². The average Bonchev–Trinajstić information content (AvgIpc) is 2.37. The van der Waals surface area contributed by atoms with Crippen molar-refractivity contribution in [3.05, 3.63) is 24.3 Å². The maximum absolute atomic E-state index is 10.9. The van der Waals surface area contributed by atoms with Crippen LogP contribution in [0.1, 0.15) is 20.8 Å². The SMILES string of the molecule is CC(=O)Nc1ccc(SCC(O)CNCC(C)C)cc1. The number of hydrogen-bond acceptors (Lipinski definition) is 4. The zero-order valence-electron chi connectivity index (χ0n) is 12.3. The van der Waals surface area contributed by atoms with E-state index < -0.39 is 0 Å². The van der Waals surface area contributed by atoms with Crippen LogP contribution in [0.2, 0.25) is 0 Å². The molecule has 0 heterocycles. The molecule has 1 atom stereocenters. The van der Waals surface area contributed by atoms with Gasteiger partial charge in [-0.15, -0.1) is 11.8 Å². The van der Waals surface area contributed by atoms with E-state index in [0.717, 1.165) is 17.1 Å². The summed E-state index contributed by atoms with van der Waals surface area (Å²) in [5.74, 6) is 1.18. The van der Waals surface area contributed by atoms with Crippen LogP contribution in [0.15, 0.2) is 29.2 Å². The van der Waals surface area contributed by atoms with E-state index in [1.165, 1.54) is 6.92 Å². The molecule has 4 nitrogen and oxygen atoms in total. The standard InChI is InChI=1S/C15H24N2O2S/c1-11(2)8-16-9-14(19)10-20-15-6-4-13(5-7-15)17-12(3)18/h4-7,11,14,16,19H,8-10H2,1-3H3,(H,17,18). The number of hydrogen-bond donors (Lipinski definition) is 3. The molecular weight excluding hydrogens is 272 g/mol. The summed E-state index contributed by atoms with van der Waals surface area (Å²) in [6, 6.07) is 7.63. The smallest absolute Gasteiger partial charge is 0.221 e. The van der Waals surface area contributed by atoms with Crippen molar-refractivity contribution in [2.24, 2.45) is 5.92 Å². The van der Waals surface area contributed by atoms with Crippen molar-refractivity contribution in [3.8, 4) is 0 Å². The lowest BCUT2D eigenvalue weighted by atomic mass is 10.2. The zero-order valence-corrected chi connectivity index (χ0v) is 13.2. The number of amides is 1. The molecule has 0 aliphatic rings. The highest BCUT2D eigenvalue weighted by Gasteiger charge is 2.05. The normalized spacial score (nSPS) is 12.4. The van der Waals surface area contributed by atoms with Gasteiger partial charge in [-0.1, -0.05) is 13.8 Å². The summed E-state index contributed by atoms with van der Waals surface area (Å²) in [5, 5.41) is 15.8. The molecule has 112 valence electrons. The Kier molecular flexibility index (Phi) is 7.65. The Hall–Kier alpha value is -1.04. The van der Waals surface area contributed by atoms with Crippen molar-refractivity contribution in [2.75, 3.05) is 24.2 Å². The summed E-state index contributed by atoms with van der Waals surface area (Å²) in [6.07, 6.45) is -0.353. The van der Waals surface area contributed by atoms with Gasteiger partial charge in [0.25, 0.3) is 0 Å². The van der Waals surface area contributed by atoms with E-state index in [1.54, 1.807) is 11.8 Å². The lowest BCUT2D eigenvalue weighted by Crippen LogP contribution is -2.30. The minimum Gasteiger partial charge on any atom is -0.391 e. The molecule has 0 aliphatic carbocycles. The van der Waals surface area contributed by atoms with Gasteiger partial charge >= 0.3 is 0 Å². The van der Waals surface area contributed by atoms with Crippen LogP contribution < -0.4 is 10.6 Å². The van der Waals surface area contributed by atoms with Crippen LogP contribution in [0.3, 0.4) is 0 Å². The van der Waals surface area contributed by atoms with Crippen molar-refractivity contribution < 1.29 is 9.90 Å². The van der Waals surface area contributed by atoms with Crippen LogP contribution in [0.4, 0.5) is 5.69 Å². The fourth-order valence-corrected chi connectivity index (χ4v) is 2.46. The molecule has 0 saturated carbocycles. The van der Waals surface area contributed by atoms with Gasteiger partial charge in [-0.25, -0.2) is 0 Å². The molecule has 0 aliphatic heterocycles. The third-order valence-corrected chi connectivity index (χ3v) is 3.71. The molecule has 1 rings (SSSR count). The van der Waals surface area contributed by atoms with Gasteiger partial charge in [0.1, 0.15) is 0 Å². The summed E-state index contributed by atoms with van der Waals surface area (Å²) in [4.78, 5) is 12.0. The molecule has 1 aromatic rings. The largest absolute Gasteiger partial charge is 0.391 e. The number of nitrogens with one attached hydrogen (secondary N) is 2. The van der Waals surface area contributed by atoms with Crippen molar-refractivity contribution >= 4 is 23.4 Å². The lowest BCUT2D eigenvalue weighted by molar-refractivity contribution is -0.114. The molecule has 1 amide bonds. The Labute approximate surface area is 125 Å². The topological polar surface area (TPSA) is 61.4 Å².